The van der Waals surface area contributed by atoms with E-state index in [4.69, 9.17) is 4.74 Å². The molecule has 3 aromatic carbocycles. The number of non-ortho nitro benzene ring substituents is 1. The lowest BCUT2D eigenvalue weighted by molar-refractivity contribution is -0.384. The predicted molar refractivity (Wildman–Crippen MR) is 104 cm³/mol. The fourth-order valence-corrected chi connectivity index (χ4v) is 2.86. The monoisotopic (exact) mass is 378 g/mol. The highest BCUT2D eigenvalue weighted by molar-refractivity contribution is 5.84. The summed E-state index contributed by atoms with van der Waals surface area (Å²) in [6.45, 7) is 1.56. The molecular formula is C21H18N2O5. The van der Waals surface area contributed by atoms with Crippen LogP contribution in [0.4, 0.5) is 5.69 Å². The number of carbonyl (C=O) groups excluding carboxylic acids is 2. The summed E-state index contributed by atoms with van der Waals surface area (Å²) in [7, 11) is 0. The Kier molecular flexibility index (Phi) is 5.64. The van der Waals surface area contributed by atoms with Crippen LogP contribution in [0.25, 0.3) is 10.8 Å². The van der Waals surface area contributed by atoms with Crippen LogP contribution in [0.1, 0.15) is 28.9 Å². The largest absolute Gasteiger partial charge is 0.483 e. The van der Waals surface area contributed by atoms with Gasteiger partial charge in [-0.25, -0.2) is 0 Å². The summed E-state index contributed by atoms with van der Waals surface area (Å²) in [4.78, 5) is 33.5. The molecule has 28 heavy (non-hydrogen) atoms. The SMILES string of the molecule is CC(NC(=O)COc1ccc([N+](=O)[O-])cc1C=O)c1ccc2ccccc2c1. The molecule has 0 saturated heterocycles. The van der Waals surface area contributed by atoms with Crippen LogP contribution in [0.3, 0.4) is 0 Å². The van der Waals surface area contributed by atoms with Gasteiger partial charge < -0.3 is 10.1 Å². The maximum atomic E-state index is 12.2. The van der Waals surface area contributed by atoms with Gasteiger partial charge in [-0.2, -0.15) is 0 Å². The van der Waals surface area contributed by atoms with E-state index in [0.717, 1.165) is 22.4 Å². The van der Waals surface area contributed by atoms with Gasteiger partial charge in [0.15, 0.2) is 12.9 Å². The van der Waals surface area contributed by atoms with Crippen molar-refractivity contribution in [1.82, 2.24) is 5.32 Å². The van der Waals surface area contributed by atoms with Crippen LogP contribution >= 0.6 is 0 Å². The minimum atomic E-state index is -0.602. The summed E-state index contributed by atoms with van der Waals surface area (Å²) < 4.78 is 5.37. The molecule has 0 spiro atoms. The smallest absolute Gasteiger partial charge is 0.270 e. The number of carbonyl (C=O) groups is 2. The normalized spacial score (nSPS) is 11.6. The number of hydrogen-bond donors (Lipinski definition) is 1. The molecule has 7 nitrogen and oxygen atoms in total. The van der Waals surface area contributed by atoms with Crippen molar-refractivity contribution in [2.24, 2.45) is 0 Å². The molecule has 1 amide bonds. The third-order valence-corrected chi connectivity index (χ3v) is 4.34. The highest BCUT2D eigenvalue weighted by Gasteiger charge is 2.14. The van der Waals surface area contributed by atoms with Crippen molar-refractivity contribution < 1.29 is 19.2 Å². The summed E-state index contributed by atoms with van der Waals surface area (Å²) in [6.07, 6.45) is 0.456. The molecule has 1 unspecified atom stereocenters. The first-order chi connectivity index (χ1) is 13.5. The molecular weight excluding hydrogens is 360 g/mol. The second-order valence-electron chi connectivity index (χ2n) is 6.28. The molecule has 3 aromatic rings. The fourth-order valence-electron chi connectivity index (χ4n) is 2.86. The quantitative estimate of drug-likeness (QED) is 0.383. The van der Waals surface area contributed by atoms with Crippen molar-refractivity contribution in [2.75, 3.05) is 6.61 Å². The molecule has 0 aliphatic carbocycles. The van der Waals surface area contributed by atoms with Gasteiger partial charge in [-0.3, -0.25) is 19.7 Å². The van der Waals surface area contributed by atoms with Crippen molar-refractivity contribution in [3.8, 4) is 5.75 Å². The average molecular weight is 378 g/mol. The van der Waals surface area contributed by atoms with Crippen LogP contribution in [0.5, 0.6) is 5.75 Å². The van der Waals surface area contributed by atoms with Gasteiger partial charge in [0.1, 0.15) is 5.75 Å². The summed E-state index contributed by atoms with van der Waals surface area (Å²) >= 11 is 0. The molecule has 1 N–H and O–H groups in total. The van der Waals surface area contributed by atoms with E-state index in [1.54, 1.807) is 0 Å². The molecule has 0 heterocycles. The van der Waals surface area contributed by atoms with E-state index >= 15 is 0 Å². The molecule has 0 aliphatic heterocycles. The number of rotatable bonds is 7. The van der Waals surface area contributed by atoms with Crippen molar-refractivity contribution in [3.63, 3.8) is 0 Å². The van der Waals surface area contributed by atoms with E-state index < -0.39 is 4.92 Å². The second-order valence-corrected chi connectivity index (χ2v) is 6.28. The number of nitrogens with one attached hydrogen (secondary N) is 1. The molecule has 0 saturated carbocycles. The van der Waals surface area contributed by atoms with Gasteiger partial charge in [0.2, 0.25) is 0 Å². The van der Waals surface area contributed by atoms with Crippen LogP contribution in [0, 0.1) is 10.1 Å². The predicted octanol–water partition coefficient (Wildman–Crippen LogP) is 3.82. The second kappa shape index (κ2) is 8.30. The summed E-state index contributed by atoms with van der Waals surface area (Å²) in [5, 5.41) is 15.8. The molecule has 0 aliphatic rings. The number of nitrogens with zero attached hydrogens (tertiary/aromatic N) is 1. The van der Waals surface area contributed by atoms with E-state index in [2.05, 4.69) is 5.32 Å². The first kappa shape index (κ1) is 19.0. The highest BCUT2D eigenvalue weighted by Crippen LogP contribution is 2.23. The summed E-state index contributed by atoms with van der Waals surface area (Å²) in [5.74, 6) is -0.245. The van der Waals surface area contributed by atoms with Gasteiger partial charge in [0, 0.05) is 12.1 Å². The number of amides is 1. The van der Waals surface area contributed by atoms with Crippen LogP contribution in [0.2, 0.25) is 0 Å². The van der Waals surface area contributed by atoms with E-state index in [0.29, 0.717) is 6.29 Å². The lowest BCUT2D eigenvalue weighted by Crippen LogP contribution is -2.31. The number of nitro benzene ring substituents is 1. The Morgan fingerprint density at radius 1 is 1.14 bits per heavy atom. The Morgan fingerprint density at radius 3 is 2.61 bits per heavy atom. The number of fused-ring (bicyclic) bond motifs is 1. The number of hydrogen-bond acceptors (Lipinski definition) is 5. The average Bonchev–Trinajstić information content (AvgIpc) is 2.71. The lowest BCUT2D eigenvalue weighted by atomic mass is 10.0. The summed E-state index contributed by atoms with van der Waals surface area (Å²) in [6, 6.07) is 17.3. The molecule has 142 valence electrons. The minimum Gasteiger partial charge on any atom is -0.483 e. The van der Waals surface area contributed by atoms with Crippen LogP contribution in [0.15, 0.2) is 60.7 Å². The topological polar surface area (TPSA) is 98.5 Å². The van der Waals surface area contributed by atoms with Crippen molar-refractivity contribution in [1.29, 1.82) is 0 Å². The van der Waals surface area contributed by atoms with Gasteiger partial charge in [0.05, 0.1) is 16.5 Å². The standard InChI is InChI=1S/C21H18N2O5/c1-14(16-7-6-15-4-2-3-5-17(15)10-16)22-21(25)13-28-20-9-8-19(23(26)27)11-18(20)12-24/h2-12,14H,13H2,1H3,(H,22,25). The molecule has 0 fully saturated rings. The molecule has 1 atom stereocenters. The Labute approximate surface area is 161 Å². The van der Waals surface area contributed by atoms with Crippen molar-refractivity contribution in [3.05, 3.63) is 81.9 Å². The Morgan fingerprint density at radius 2 is 1.89 bits per heavy atom. The number of nitro groups is 1. The van der Waals surface area contributed by atoms with E-state index in [-0.39, 0.29) is 35.6 Å². The Hall–Kier alpha value is -3.74. The number of benzene rings is 3. The maximum absolute atomic E-state index is 12.2. The zero-order valence-corrected chi connectivity index (χ0v) is 15.1. The number of aldehydes is 1. The van der Waals surface area contributed by atoms with Crippen LogP contribution in [-0.2, 0) is 4.79 Å². The van der Waals surface area contributed by atoms with Gasteiger partial charge in [-0.05, 0) is 35.4 Å². The fraction of sp³-hybridized carbons (Fsp3) is 0.143. The van der Waals surface area contributed by atoms with E-state index in [1.807, 2.05) is 49.4 Å². The van der Waals surface area contributed by atoms with Gasteiger partial charge in [-0.15, -0.1) is 0 Å². The molecule has 0 bridgehead atoms. The van der Waals surface area contributed by atoms with Crippen LogP contribution in [-0.4, -0.2) is 23.7 Å². The molecule has 7 heteroatoms. The van der Waals surface area contributed by atoms with E-state index in [1.165, 1.54) is 12.1 Å². The summed E-state index contributed by atoms with van der Waals surface area (Å²) in [5.41, 5.74) is 0.754. The third-order valence-electron chi connectivity index (χ3n) is 4.34. The molecule has 0 aromatic heterocycles. The van der Waals surface area contributed by atoms with Gasteiger partial charge in [0.25, 0.3) is 11.6 Å². The minimum absolute atomic E-state index is 0.0181. The Bertz CT molecular complexity index is 1050. The highest BCUT2D eigenvalue weighted by atomic mass is 16.6. The first-order valence-corrected chi connectivity index (χ1v) is 8.62. The molecule has 3 rings (SSSR count). The van der Waals surface area contributed by atoms with E-state index in [9.17, 15) is 19.7 Å². The van der Waals surface area contributed by atoms with Gasteiger partial charge >= 0.3 is 0 Å². The third kappa shape index (κ3) is 4.32. The van der Waals surface area contributed by atoms with Crippen molar-refractivity contribution in [2.45, 2.75) is 13.0 Å². The zero-order chi connectivity index (χ0) is 20.1. The Balaban J connectivity index is 1.63. The lowest BCUT2D eigenvalue weighted by Gasteiger charge is -2.16. The van der Waals surface area contributed by atoms with Gasteiger partial charge in [-0.1, -0.05) is 36.4 Å². The maximum Gasteiger partial charge on any atom is 0.270 e. The van der Waals surface area contributed by atoms with Crippen molar-refractivity contribution >= 4 is 28.7 Å². The zero-order valence-electron chi connectivity index (χ0n) is 15.1. The number of ether oxygens (including phenoxy) is 1. The first-order valence-electron chi connectivity index (χ1n) is 8.62. The van der Waals surface area contributed by atoms with Crippen LogP contribution < -0.4 is 10.1 Å². The molecule has 0 radical (unpaired) electrons.